The third-order valence-electron chi connectivity index (χ3n) is 5.28. The molecule has 0 aromatic heterocycles. The van der Waals surface area contributed by atoms with Gasteiger partial charge in [-0.2, -0.15) is 0 Å². The van der Waals surface area contributed by atoms with Gasteiger partial charge in [0, 0.05) is 12.0 Å². The lowest BCUT2D eigenvalue weighted by molar-refractivity contribution is -0.138. The predicted octanol–water partition coefficient (Wildman–Crippen LogP) is 3.14. The number of carboxylic acid groups (broad SMARTS) is 1. The number of carboxylic acids is 1. The van der Waals surface area contributed by atoms with Gasteiger partial charge in [-0.05, 0) is 28.2 Å². The zero-order valence-electron chi connectivity index (χ0n) is 17.1. The Balaban J connectivity index is 1.53. The Morgan fingerprint density at radius 1 is 1.00 bits per heavy atom. The molecule has 3 rings (SSSR count). The standard InChI is InChI=1S/C23H26N2O5/c1-14(2)20(11-22(27)28)25-21(26)12-24-23(29)30-13-19-17-9-5-3-7-15(17)16-8-4-6-10-18(16)19/h3-10,14,19-20H,11-13H2,1-2H3,(H,24,29)(H,25,26)(H,27,28)/t20-/m1/s1. The van der Waals surface area contributed by atoms with E-state index in [1.807, 2.05) is 50.2 Å². The van der Waals surface area contributed by atoms with Crippen molar-refractivity contribution < 1.29 is 24.2 Å². The lowest BCUT2D eigenvalue weighted by Crippen LogP contribution is -2.45. The van der Waals surface area contributed by atoms with Gasteiger partial charge < -0.3 is 20.5 Å². The first kappa shape index (κ1) is 21.4. The maximum absolute atomic E-state index is 12.1. The zero-order chi connectivity index (χ0) is 21.7. The van der Waals surface area contributed by atoms with Crippen LogP contribution in [0.2, 0.25) is 0 Å². The van der Waals surface area contributed by atoms with Gasteiger partial charge in [0.15, 0.2) is 0 Å². The van der Waals surface area contributed by atoms with Crippen LogP contribution >= 0.6 is 0 Å². The lowest BCUT2D eigenvalue weighted by Gasteiger charge is -2.20. The molecule has 30 heavy (non-hydrogen) atoms. The van der Waals surface area contributed by atoms with E-state index in [2.05, 4.69) is 22.8 Å². The molecule has 158 valence electrons. The minimum Gasteiger partial charge on any atom is -0.481 e. The lowest BCUT2D eigenvalue weighted by atomic mass is 9.98. The minimum absolute atomic E-state index is 0.0421. The molecule has 0 fully saturated rings. The van der Waals surface area contributed by atoms with E-state index in [-0.39, 0.29) is 31.4 Å². The normalized spacial score (nSPS) is 13.3. The van der Waals surface area contributed by atoms with Crippen LogP contribution in [0.3, 0.4) is 0 Å². The fourth-order valence-corrected chi connectivity index (χ4v) is 3.70. The third kappa shape index (κ3) is 4.97. The SMILES string of the molecule is CC(C)[C@@H](CC(=O)O)NC(=O)CNC(=O)OCC1c2ccccc2-c2ccccc21. The molecule has 0 saturated heterocycles. The summed E-state index contributed by atoms with van der Waals surface area (Å²) in [6.45, 7) is 3.54. The maximum Gasteiger partial charge on any atom is 0.407 e. The molecule has 3 N–H and O–H groups in total. The van der Waals surface area contributed by atoms with Crippen molar-refractivity contribution in [3.8, 4) is 11.1 Å². The Morgan fingerprint density at radius 3 is 2.10 bits per heavy atom. The topological polar surface area (TPSA) is 105 Å². The van der Waals surface area contributed by atoms with E-state index in [0.29, 0.717) is 0 Å². The minimum atomic E-state index is -0.988. The van der Waals surface area contributed by atoms with Gasteiger partial charge in [-0.3, -0.25) is 9.59 Å². The number of nitrogens with one attached hydrogen (secondary N) is 2. The molecule has 7 nitrogen and oxygen atoms in total. The van der Waals surface area contributed by atoms with Gasteiger partial charge in [-0.15, -0.1) is 0 Å². The van der Waals surface area contributed by atoms with Gasteiger partial charge in [-0.25, -0.2) is 4.79 Å². The van der Waals surface area contributed by atoms with E-state index in [1.54, 1.807) is 0 Å². The number of carbonyl (C=O) groups excluding carboxylic acids is 2. The van der Waals surface area contributed by atoms with E-state index in [4.69, 9.17) is 9.84 Å². The first-order valence-corrected chi connectivity index (χ1v) is 9.96. The van der Waals surface area contributed by atoms with Crippen LogP contribution in [0, 0.1) is 5.92 Å². The number of carbonyl (C=O) groups is 3. The van der Waals surface area contributed by atoms with Gasteiger partial charge in [0.1, 0.15) is 13.2 Å². The van der Waals surface area contributed by atoms with Crippen LogP contribution < -0.4 is 10.6 Å². The van der Waals surface area contributed by atoms with E-state index in [1.165, 1.54) is 0 Å². The number of amides is 2. The van der Waals surface area contributed by atoms with Gasteiger partial charge in [0.05, 0.1) is 6.42 Å². The fraction of sp³-hybridized carbons (Fsp3) is 0.348. The zero-order valence-corrected chi connectivity index (χ0v) is 17.1. The van der Waals surface area contributed by atoms with Crippen molar-refractivity contribution in [1.29, 1.82) is 0 Å². The van der Waals surface area contributed by atoms with Crippen molar-refractivity contribution in [2.75, 3.05) is 13.2 Å². The number of hydrogen-bond donors (Lipinski definition) is 3. The maximum atomic E-state index is 12.1. The number of rotatable bonds is 8. The average Bonchev–Trinajstić information content (AvgIpc) is 3.04. The summed E-state index contributed by atoms with van der Waals surface area (Å²) in [4.78, 5) is 35.1. The predicted molar refractivity (Wildman–Crippen MR) is 112 cm³/mol. The Hall–Kier alpha value is -3.35. The summed E-state index contributed by atoms with van der Waals surface area (Å²) in [5.41, 5.74) is 4.50. The quantitative estimate of drug-likeness (QED) is 0.620. The van der Waals surface area contributed by atoms with Crippen LogP contribution in [-0.4, -0.2) is 42.3 Å². The summed E-state index contributed by atoms with van der Waals surface area (Å²) in [6, 6.07) is 15.6. The molecule has 0 aliphatic heterocycles. The molecule has 2 amide bonds. The van der Waals surface area contributed by atoms with Gasteiger partial charge in [0.2, 0.25) is 5.91 Å². The first-order valence-electron chi connectivity index (χ1n) is 9.96. The van der Waals surface area contributed by atoms with Crippen LogP contribution in [0.1, 0.15) is 37.3 Å². The van der Waals surface area contributed by atoms with E-state index in [0.717, 1.165) is 22.3 Å². The molecule has 0 unspecified atom stereocenters. The summed E-state index contributed by atoms with van der Waals surface area (Å²) < 4.78 is 5.38. The Morgan fingerprint density at radius 2 is 1.57 bits per heavy atom. The number of alkyl carbamates (subject to hydrolysis) is 1. The van der Waals surface area contributed by atoms with Crippen LogP contribution in [0.4, 0.5) is 4.79 Å². The van der Waals surface area contributed by atoms with Gasteiger partial charge in [-0.1, -0.05) is 62.4 Å². The van der Waals surface area contributed by atoms with Crippen molar-refractivity contribution in [1.82, 2.24) is 10.6 Å². The highest BCUT2D eigenvalue weighted by molar-refractivity contribution is 5.83. The number of fused-ring (bicyclic) bond motifs is 3. The smallest absolute Gasteiger partial charge is 0.407 e. The number of hydrogen-bond acceptors (Lipinski definition) is 4. The van der Waals surface area contributed by atoms with Crippen LogP contribution in [0.5, 0.6) is 0 Å². The molecule has 1 atom stereocenters. The molecule has 0 spiro atoms. The monoisotopic (exact) mass is 410 g/mol. The number of aliphatic carboxylic acids is 1. The van der Waals surface area contributed by atoms with Crippen LogP contribution in [0.25, 0.3) is 11.1 Å². The molecule has 2 aromatic rings. The summed E-state index contributed by atoms with van der Waals surface area (Å²) in [5, 5.41) is 14.0. The number of benzene rings is 2. The molecular formula is C23H26N2O5. The van der Waals surface area contributed by atoms with Crippen LogP contribution in [0.15, 0.2) is 48.5 Å². The van der Waals surface area contributed by atoms with E-state index in [9.17, 15) is 14.4 Å². The molecule has 0 bridgehead atoms. The molecule has 0 radical (unpaired) electrons. The van der Waals surface area contributed by atoms with Crippen molar-refractivity contribution in [3.05, 3.63) is 59.7 Å². The van der Waals surface area contributed by atoms with E-state index >= 15 is 0 Å². The first-order chi connectivity index (χ1) is 14.4. The number of ether oxygens (including phenoxy) is 1. The van der Waals surface area contributed by atoms with Gasteiger partial charge >= 0.3 is 12.1 Å². The highest BCUT2D eigenvalue weighted by Crippen LogP contribution is 2.44. The van der Waals surface area contributed by atoms with Crippen molar-refractivity contribution in [2.24, 2.45) is 5.92 Å². The summed E-state index contributed by atoms with van der Waals surface area (Å²) in [5.74, 6) is -1.54. The molecule has 0 saturated carbocycles. The van der Waals surface area contributed by atoms with E-state index < -0.39 is 24.0 Å². The summed E-state index contributed by atoms with van der Waals surface area (Å²) in [6.07, 6.45) is -0.861. The second kappa shape index (κ2) is 9.43. The van der Waals surface area contributed by atoms with Gasteiger partial charge in [0.25, 0.3) is 0 Å². The second-order valence-corrected chi connectivity index (χ2v) is 7.69. The van der Waals surface area contributed by atoms with Crippen molar-refractivity contribution in [2.45, 2.75) is 32.2 Å². The van der Waals surface area contributed by atoms with Crippen molar-refractivity contribution >= 4 is 18.0 Å². The third-order valence-corrected chi connectivity index (χ3v) is 5.28. The summed E-state index contributed by atoms with van der Waals surface area (Å²) in [7, 11) is 0. The summed E-state index contributed by atoms with van der Waals surface area (Å²) >= 11 is 0. The highest BCUT2D eigenvalue weighted by Gasteiger charge is 2.29. The molecule has 1 aliphatic carbocycles. The van der Waals surface area contributed by atoms with Crippen LogP contribution in [-0.2, 0) is 14.3 Å². The molecule has 0 heterocycles. The molecule has 1 aliphatic rings. The Labute approximate surface area is 175 Å². The average molecular weight is 410 g/mol. The Bertz CT molecular complexity index is 895. The molecule has 7 heteroatoms. The fourth-order valence-electron chi connectivity index (χ4n) is 3.70. The highest BCUT2D eigenvalue weighted by atomic mass is 16.5. The largest absolute Gasteiger partial charge is 0.481 e. The molecule has 2 aromatic carbocycles. The van der Waals surface area contributed by atoms with Crippen molar-refractivity contribution in [3.63, 3.8) is 0 Å². The second-order valence-electron chi connectivity index (χ2n) is 7.69. The molecular weight excluding hydrogens is 384 g/mol. The Kier molecular flexibility index (Phi) is 6.72.